The molecule has 0 aromatic rings. The van der Waals surface area contributed by atoms with Crippen molar-refractivity contribution in [3.63, 3.8) is 0 Å². The van der Waals surface area contributed by atoms with Gasteiger partial charge in [0.15, 0.2) is 0 Å². The molecule has 1 heterocycles. The summed E-state index contributed by atoms with van der Waals surface area (Å²) in [4.78, 5) is 6.20. The summed E-state index contributed by atoms with van der Waals surface area (Å²) < 4.78 is 0. The molecule has 0 spiro atoms. The summed E-state index contributed by atoms with van der Waals surface area (Å²) in [6.07, 6.45) is 1.85. The van der Waals surface area contributed by atoms with E-state index in [1.54, 1.807) is 0 Å². The van der Waals surface area contributed by atoms with Gasteiger partial charge in [-0.05, 0) is 13.8 Å². The maximum Gasteiger partial charge on any atom is 0.0914 e. The molecule has 1 rings (SSSR count). The monoisotopic (exact) mass is 124 g/mol. The first-order chi connectivity index (χ1) is 4.20. The van der Waals surface area contributed by atoms with E-state index < -0.39 is 0 Å². The molecule has 0 saturated heterocycles. The second-order valence-corrected chi connectivity index (χ2v) is 2.58. The zero-order valence-electron chi connectivity index (χ0n) is 5.96. The first kappa shape index (κ1) is 6.33. The second kappa shape index (κ2) is 2.21. The van der Waals surface area contributed by atoms with Gasteiger partial charge in [0, 0.05) is 6.04 Å². The fraction of sp³-hybridized carbons (Fsp3) is 0.571. The smallest absolute Gasteiger partial charge is 0.0914 e. The van der Waals surface area contributed by atoms with Gasteiger partial charge in [-0.1, -0.05) is 6.58 Å². The molecule has 50 valence electrons. The summed E-state index contributed by atoms with van der Waals surface area (Å²) in [5, 5.41) is 0. The Bertz CT molecular complexity index is 147. The highest BCUT2D eigenvalue weighted by molar-refractivity contribution is 5.61. The van der Waals surface area contributed by atoms with Crippen LogP contribution in [0.5, 0.6) is 0 Å². The summed E-state index contributed by atoms with van der Waals surface area (Å²) in [6.45, 7) is 8.93. The van der Waals surface area contributed by atoms with E-state index in [4.69, 9.17) is 0 Å². The van der Waals surface area contributed by atoms with Crippen LogP contribution in [0.2, 0.25) is 0 Å². The highest BCUT2D eigenvalue weighted by Gasteiger charge is 2.10. The first-order valence-corrected chi connectivity index (χ1v) is 3.18. The van der Waals surface area contributed by atoms with Gasteiger partial charge in [0.1, 0.15) is 0 Å². The Morgan fingerprint density at radius 3 is 2.67 bits per heavy atom. The average molecular weight is 124 g/mol. The number of aliphatic imine (C=N–C) groups is 1. The van der Waals surface area contributed by atoms with E-state index in [2.05, 4.69) is 30.3 Å². The highest BCUT2D eigenvalue weighted by Crippen LogP contribution is 2.07. The molecule has 0 unspecified atom stereocenters. The largest absolute Gasteiger partial charge is 0.354 e. The van der Waals surface area contributed by atoms with E-state index in [0.717, 1.165) is 12.2 Å². The molecule has 2 nitrogen and oxygen atoms in total. The fourth-order valence-electron chi connectivity index (χ4n) is 0.764. The van der Waals surface area contributed by atoms with Gasteiger partial charge in [-0.15, -0.1) is 0 Å². The lowest BCUT2D eigenvalue weighted by molar-refractivity contribution is 0.401. The number of hydrogen-bond donors (Lipinski definition) is 0. The summed E-state index contributed by atoms with van der Waals surface area (Å²) in [5.41, 5.74) is 0.962. The lowest BCUT2D eigenvalue weighted by Gasteiger charge is -2.17. The average Bonchev–Trinajstić information content (AvgIpc) is 2.14. The number of nitrogens with zero attached hydrogens (tertiary/aromatic N) is 2. The Balaban J connectivity index is 2.50. The third-order valence-corrected chi connectivity index (χ3v) is 1.42. The van der Waals surface area contributed by atoms with Crippen molar-refractivity contribution in [2.24, 2.45) is 4.99 Å². The third-order valence-electron chi connectivity index (χ3n) is 1.42. The van der Waals surface area contributed by atoms with Crippen molar-refractivity contribution >= 4 is 6.34 Å². The van der Waals surface area contributed by atoms with Gasteiger partial charge < -0.3 is 4.90 Å². The van der Waals surface area contributed by atoms with Crippen LogP contribution in [-0.4, -0.2) is 23.8 Å². The molecule has 0 bridgehead atoms. The molecule has 0 aromatic heterocycles. The quantitative estimate of drug-likeness (QED) is 0.513. The van der Waals surface area contributed by atoms with Gasteiger partial charge in [0.05, 0.1) is 18.6 Å². The molecule has 0 fully saturated rings. The molecule has 0 saturated carbocycles. The molecule has 0 amide bonds. The summed E-state index contributed by atoms with van der Waals surface area (Å²) in [5.74, 6) is 0. The van der Waals surface area contributed by atoms with Crippen LogP contribution in [0.1, 0.15) is 13.8 Å². The Morgan fingerprint density at radius 1 is 1.78 bits per heavy atom. The molecule has 1 aliphatic rings. The van der Waals surface area contributed by atoms with E-state index >= 15 is 0 Å². The zero-order valence-corrected chi connectivity index (χ0v) is 5.96. The Morgan fingerprint density at radius 2 is 2.44 bits per heavy atom. The Labute approximate surface area is 55.9 Å². The molecule has 2 heteroatoms. The normalized spacial score (nSPS) is 18.1. The maximum atomic E-state index is 4.05. The van der Waals surface area contributed by atoms with Crippen molar-refractivity contribution in [1.82, 2.24) is 4.90 Å². The molecule has 0 N–H and O–H groups in total. The minimum Gasteiger partial charge on any atom is -0.354 e. The summed E-state index contributed by atoms with van der Waals surface area (Å²) in [7, 11) is 0. The van der Waals surface area contributed by atoms with Gasteiger partial charge in [-0.25, -0.2) is 4.99 Å². The lowest BCUT2D eigenvalue weighted by atomic mass is 10.3. The molecule has 0 radical (unpaired) electrons. The number of hydrogen-bond acceptors (Lipinski definition) is 2. The molecular formula is C7H12N2. The van der Waals surface area contributed by atoms with Crippen LogP contribution < -0.4 is 0 Å². The van der Waals surface area contributed by atoms with Crippen molar-refractivity contribution < 1.29 is 0 Å². The van der Waals surface area contributed by atoms with Crippen molar-refractivity contribution in [3.8, 4) is 0 Å². The number of rotatable bonds is 1. The van der Waals surface area contributed by atoms with Crippen molar-refractivity contribution in [2.75, 3.05) is 6.54 Å². The Hall–Kier alpha value is -0.790. The SMILES string of the molecule is C=C1CN(C(C)C)C=N1. The minimum absolute atomic E-state index is 0.549. The van der Waals surface area contributed by atoms with Gasteiger partial charge >= 0.3 is 0 Å². The van der Waals surface area contributed by atoms with Gasteiger partial charge in [-0.3, -0.25) is 0 Å². The van der Waals surface area contributed by atoms with E-state index in [9.17, 15) is 0 Å². The van der Waals surface area contributed by atoms with Gasteiger partial charge in [-0.2, -0.15) is 0 Å². The molecule has 0 aliphatic carbocycles. The van der Waals surface area contributed by atoms with Crippen molar-refractivity contribution in [2.45, 2.75) is 19.9 Å². The van der Waals surface area contributed by atoms with Gasteiger partial charge in [0.25, 0.3) is 0 Å². The van der Waals surface area contributed by atoms with Crippen LogP contribution >= 0.6 is 0 Å². The zero-order chi connectivity index (χ0) is 6.85. The van der Waals surface area contributed by atoms with Crippen LogP contribution in [-0.2, 0) is 0 Å². The standard InChI is InChI=1S/C7H12N2/c1-6(2)9-4-7(3)8-5-9/h5-6H,3-4H2,1-2H3. The third kappa shape index (κ3) is 1.31. The molecule has 9 heavy (non-hydrogen) atoms. The fourth-order valence-corrected chi connectivity index (χ4v) is 0.764. The predicted molar refractivity (Wildman–Crippen MR) is 39.5 cm³/mol. The Kier molecular flexibility index (Phi) is 1.56. The van der Waals surface area contributed by atoms with Crippen LogP contribution in [0, 0.1) is 0 Å². The van der Waals surface area contributed by atoms with Crippen molar-refractivity contribution in [1.29, 1.82) is 0 Å². The van der Waals surface area contributed by atoms with Crippen LogP contribution in [0.3, 0.4) is 0 Å². The molecular weight excluding hydrogens is 112 g/mol. The lowest BCUT2D eigenvalue weighted by Crippen LogP contribution is -2.26. The van der Waals surface area contributed by atoms with E-state index in [0.29, 0.717) is 6.04 Å². The summed E-state index contributed by atoms with van der Waals surface area (Å²) >= 11 is 0. The van der Waals surface area contributed by atoms with E-state index in [1.165, 1.54) is 0 Å². The van der Waals surface area contributed by atoms with Crippen molar-refractivity contribution in [3.05, 3.63) is 12.3 Å². The topological polar surface area (TPSA) is 15.6 Å². The molecule has 0 atom stereocenters. The van der Waals surface area contributed by atoms with E-state index in [-0.39, 0.29) is 0 Å². The van der Waals surface area contributed by atoms with Crippen LogP contribution in [0.15, 0.2) is 17.3 Å². The van der Waals surface area contributed by atoms with Crippen LogP contribution in [0.4, 0.5) is 0 Å². The van der Waals surface area contributed by atoms with Gasteiger partial charge in [0.2, 0.25) is 0 Å². The second-order valence-electron chi connectivity index (χ2n) is 2.58. The first-order valence-electron chi connectivity index (χ1n) is 3.18. The maximum absolute atomic E-state index is 4.05. The molecule has 0 aromatic carbocycles. The highest BCUT2D eigenvalue weighted by atomic mass is 15.2. The van der Waals surface area contributed by atoms with Crippen LogP contribution in [0.25, 0.3) is 0 Å². The molecule has 1 aliphatic heterocycles. The summed E-state index contributed by atoms with van der Waals surface area (Å²) in [6, 6.07) is 0.549. The van der Waals surface area contributed by atoms with E-state index in [1.807, 2.05) is 6.34 Å². The predicted octanol–water partition coefficient (Wildman–Crippen LogP) is 1.25. The minimum atomic E-state index is 0.549.